The SMILES string of the molecule is CCC(NC(=O)CC(CC)(CC)C(=O)O)c1ccccc1. The number of aliphatic carboxylic acids is 1. The van der Waals surface area contributed by atoms with Crippen molar-refractivity contribution >= 4 is 11.9 Å². The monoisotopic (exact) mass is 291 g/mol. The zero-order chi connectivity index (χ0) is 15.9. The van der Waals surface area contributed by atoms with Crippen LogP contribution in [0.25, 0.3) is 0 Å². The van der Waals surface area contributed by atoms with Gasteiger partial charge in [0, 0.05) is 6.42 Å². The fraction of sp³-hybridized carbons (Fsp3) is 0.529. The van der Waals surface area contributed by atoms with E-state index in [0.717, 1.165) is 12.0 Å². The molecule has 0 bridgehead atoms. The van der Waals surface area contributed by atoms with Crippen molar-refractivity contribution < 1.29 is 14.7 Å². The molecule has 4 nitrogen and oxygen atoms in total. The van der Waals surface area contributed by atoms with Crippen molar-refractivity contribution in [3.63, 3.8) is 0 Å². The molecule has 0 aliphatic rings. The number of carbonyl (C=O) groups is 2. The number of carbonyl (C=O) groups excluding carboxylic acids is 1. The summed E-state index contributed by atoms with van der Waals surface area (Å²) in [4.78, 5) is 23.7. The molecule has 1 aromatic carbocycles. The van der Waals surface area contributed by atoms with Gasteiger partial charge in [-0.2, -0.15) is 0 Å². The van der Waals surface area contributed by atoms with Gasteiger partial charge in [-0.15, -0.1) is 0 Å². The number of hydrogen-bond donors (Lipinski definition) is 2. The van der Waals surface area contributed by atoms with Crippen LogP contribution in [0.3, 0.4) is 0 Å². The molecule has 21 heavy (non-hydrogen) atoms. The van der Waals surface area contributed by atoms with Crippen LogP contribution in [0.1, 0.15) is 58.1 Å². The summed E-state index contributed by atoms with van der Waals surface area (Å²) in [5.74, 6) is -1.09. The molecule has 0 radical (unpaired) electrons. The zero-order valence-corrected chi connectivity index (χ0v) is 13.1. The first-order valence-corrected chi connectivity index (χ1v) is 7.56. The lowest BCUT2D eigenvalue weighted by molar-refractivity contribution is -0.152. The van der Waals surface area contributed by atoms with E-state index in [4.69, 9.17) is 0 Å². The number of carboxylic acid groups (broad SMARTS) is 1. The second-order valence-electron chi connectivity index (χ2n) is 5.41. The molecule has 0 heterocycles. The predicted molar refractivity (Wildman–Crippen MR) is 82.9 cm³/mol. The Labute approximate surface area is 126 Å². The average Bonchev–Trinajstić information content (AvgIpc) is 2.51. The molecule has 0 aliphatic carbocycles. The molecule has 116 valence electrons. The lowest BCUT2D eigenvalue weighted by Crippen LogP contribution is -2.38. The van der Waals surface area contributed by atoms with Gasteiger partial charge >= 0.3 is 5.97 Å². The van der Waals surface area contributed by atoms with Gasteiger partial charge in [-0.3, -0.25) is 9.59 Å². The molecule has 1 unspecified atom stereocenters. The number of nitrogens with one attached hydrogen (secondary N) is 1. The number of hydrogen-bond acceptors (Lipinski definition) is 2. The van der Waals surface area contributed by atoms with E-state index in [9.17, 15) is 14.7 Å². The predicted octanol–water partition coefficient (Wildman–Crippen LogP) is 3.54. The number of benzene rings is 1. The third kappa shape index (κ3) is 4.31. The molecule has 0 saturated carbocycles. The van der Waals surface area contributed by atoms with Crippen LogP contribution in [0.5, 0.6) is 0 Å². The zero-order valence-electron chi connectivity index (χ0n) is 13.1. The van der Waals surface area contributed by atoms with Crippen LogP contribution < -0.4 is 5.32 Å². The molecule has 1 amide bonds. The highest BCUT2D eigenvalue weighted by Crippen LogP contribution is 2.31. The first kappa shape index (κ1) is 17.2. The Morgan fingerprint density at radius 3 is 2.14 bits per heavy atom. The summed E-state index contributed by atoms with van der Waals surface area (Å²) in [5.41, 5.74) is 0.0845. The minimum atomic E-state index is -0.959. The minimum Gasteiger partial charge on any atom is -0.481 e. The summed E-state index contributed by atoms with van der Waals surface area (Å²) in [6.07, 6.45) is 1.70. The summed E-state index contributed by atoms with van der Waals surface area (Å²) < 4.78 is 0. The van der Waals surface area contributed by atoms with Crippen molar-refractivity contribution in [2.75, 3.05) is 0 Å². The largest absolute Gasteiger partial charge is 0.481 e. The van der Waals surface area contributed by atoms with Crippen molar-refractivity contribution in [1.82, 2.24) is 5.32 Å². The van der Waals surface area contributed by atoms with Crippen LogP contribution in [-0.4, -0.2) is 17.0 Å². The van der Waals surface area contributed by atoms with E-state index in [1.54, 1.807) is 0 Å². The normalized spacial score (nSPS) is 12.7. The molecule has 1 rings (SSSR count). The molecular weight excluding hydrogens is 266 g/mol. The Balaban J connectivity index is 2.77. The van der Waals surface area contributed by atoms with Crippen LogP contribution in [0.15, 0.2) is 30.3 Å². The second kappa shape index (κ2) is 7.81. The highest BCUT2D eigenvalue weighted by atomic mass is 16.4. The maximum atomic E-state index is 12.2. The topological polar surface area (TPSA) is 66.4 Å². The van der Waals surface area contributed by atoms with Gasteiger partial charge in [0.05, 0.1) is 11.5 Å². The van der Waals surface area contributed by atoms with Gasteiger partial charge in [0.25, 0.3) is 0 Å². The van der Waals surface area contributed by atoms with Gasteiger partial charge in [0.15, 0.2) is 0 Å². The van der Waals surface area contributed by atoms with Gasteiger partial charge in [0.1, 0.15) is 0 Å². The fourth-order valence-electron chi connectivity index (χ4n) is 2.54. The minimum absolute atomic E-state index is 0.0265. The quantitative estimate of drug-likeness (QED) is 0.770. The average molecular weight is 291 g/mol. The van der Waals surface area contributed by atoms with E-state index in [1.165, 1.54) is 0 Å². The van der Waals surface area contributed by atoms with E-state index < -0.39 is 11.4 Å². The van der Waals surface area contributed by atoms with Gasteiger partial charge in [0.2, 0.25) is 5.91 Å². The van der Waals surface area contributed by atoms with Crippen molar-refractivity contribution in [2.45, 2.75) is 52.5 Å². The molecule has 1 atom stereocenters. The Kier molecular flexibility index (Phi) is 6.40. The maximum Gasteiger partial charge on any atom is 0.310 e. The summed E-state index contributed by atoms with van der Waals surface area (Å²) in [5, 5.41) is 12.4. The lowest BCUT2D eigenvalue weighted by atomic mass is 9.79. The third-order valence-electron chi connectivity index (χ3n) is 4.25. The summed E-state index contributed by atoms with van der Waals surface area (Å²) in [7, 11) is 0. The molecule has 0 fully saturated rings. The van der Waals surface area contributed by atoms with Crippen LogP contribution in [0.2, 0.25) is 0 Å². The van der Waals surface area contributed by atoms with Gasteiger partial charge in [-0.1, -0.05) is 51.1 Å². The first-order chi connectivity index (χ1) is 9.99. The summed E-state index contributed by atoms with van der Waals surface area (Å²) in [6.45, 7) is 5.64. The first-order valence-electron chi connectivity index (χ1n) is 7.56. The molecule has 0 spiro atoms. The molecule has 0 aromatic heterocycles. The maximum absolute atomic E-state index is 12.2. The van der Waals surface area contributed by atoms with E-state index >= 15 is 0 Å². The Morgan fingerprint density at radius 2 is 1.71 bits per heavy atom. The number of carboxylic acids is 1. The van der Waals surface area contributed by atoms with Crippen LogP contribution in [0, 0.1) is 5.41 Å². The van der Waals surface area contributed by atoms with E-state index in [2.05, 4.69) is 5.32 Å². The van der Waals surface area contributed by atoms with Crippen LogP contribution >= 0.6 is 0 Å². The molecule has 0 aliphatic heterocycles. The van der Waals surface area contributed by atoms with E-state index in [-0.39, 0.29) is 18.4 Å². The molecule has 2 N–H and O–H groups in total. The Hall–Kier alpha value is -1.84. The van der Waals surface area contributed by atoms with Crippen LogP contribution in [0.4, 0.5) is 0 Å². The van der Waals surface area contributed by atoms with E-state index in [0.29, 0.717) is 12.8 Å². The second-order valence-corrected chi connectivity index (χ2v) is 5.41. The van der Waals surface area contributed by atoms with E-state index in [1.807, 2.05) is 51.1 Å². The van der Waals surface area contributed by atoms with Crippen molar-refractivity contribution in [1.29, 1.82) is 0 Å². The third-order valence-corrected chi connectivity index (χ3v) is 4.25. The Bertz CT molecular complexity index is 466. The highest BCUT2D eigenvalue weighted by molar-refractivity contribution is 5.85. The molecule has 4 heteroatoms. The smallest absolute Gasteiger partial charge is 0.310 e. The standard InChI is InChI=1S/C17H25NO3/c1-4-14(13-10-8-7-9-11-13)18-15(19)12-17(5-2,6-3)16(20)21/h7-11,14H,4-6,12H2,1-3H3,(H,18,19)(H,20,21). The fourth-order valence-corrected chi connectivity index (χ4v) is 2.54. The van der Waals surface area contributed by atoms with Crippen LogP contribution in [-0.2, 0) is 9.59 Å². The van der Waals surface area contributed by atoms with Crippen molar-refractivity contribution in [3.05, 3.63) is 35.9 Å². The number of rotatable bonds is 8. The van der Waals surface area contributed by atoms with Gasteiger partial charge in [-0.05, 0) is 24.8 Å². The molecule has 0 saturated heterocycles. The lowest BCUT2D eigenvalue weighted by Gasteiger charge is -2.27. The number of amides is 1. The Morgan fingerprint density at radius 1 is 1.14 bits per heavy atom. The van der Waals surface area contributed by atoms with Crippen molar-refractivity contribution in [3.8, 4) is 0 Å². The highest BCUT2D eigenvalue weighted by Gasteiger charge is 2.37. The van der Waals surface area contributed by atoms with Crippen molar-refractivity contribution in [2.24, 2.45) is 5.41 Å². The molecule has 1 aromatic rings. The molecular formula is C17H25NO3. The summed E-state index contributed by atoms with van der Waals surface area (Å²) in [6, 6.07) is 9.67. The van der Waals surface area contributed by atoms with Gasteiger partial charge in [-0.25, -0.2) is 0 Å². The van der Waals surface area contributed by atoms with Gasteiger partial charge < -0.3 is 10.4 Å². The summed E-state index contributed by atoms with van der Waals surface area (Å²) >= 11 is 0.